The van der Waals surface area contributed by atoms with E-state index in [0.29, 0.717) is 26.5 Å². The normalized spacial score (nSPS) is 11.5. The third kappa shape index (κ3) is 2.50. The summed E-state index contributed by atoms with van der Waals surface area (Å²) < 4.78 is 16.2. The van der Waals surface area contributed by atoms with Crippen molar-refractivity contribution in [3.05, 3.63) is 51.3 Å². The Morgan fingerprint density at radius 3 is 2.48 bits per heavy atom. The Balaban J connectivity index is 2.19. The van der Waals surface area contributed by atoms with Crippen LogP contribution >= 0.6 is 22.6 Å². The highest BCUT2D eigenvalue weighted by molar-refractivity contribution is 14.1. The van der Waals surface area contributed by atoms with E-state index in [0.717, 1.165) is 5.69 Å². The van der Waals surface area contributed by atoms with E-state index in [1.165, 1.54) is 11.6 Å². The highest BCUT2D eigenvalue weighted by Crippen LogP contribution is 2.27. The number of hydrogen-bond donors (Lipinski definition) is 1. The van der Waals surface area contributed by atoms with Crippen molar-refractivity contribution in [2.45, 2.75) is 19.8 Å². The summed E-state index contributed by atoms with van der Waals surface area (Å²) in [6, 6.07) is 11.3. The van der Waals surface area contributed by atoms with Gasteiger partial charge in [-0.05, 0) is 52.3 Å². The first-order chi connectivity index (χ1) is 9.97. The zero-order chi connectivity index (χ0) is 15.1. The molecule has 5 heteroatoms. The quantitative estimate of drug-likeness (QED) is 0.651. The van der Waals surface area contributed by atoms with Gasteiger partial charge in [-0.1, -0.05) is 26.0 Å². The van der Waals surface area contributed by atoms with Crippen LogP contribution in [0.15, 0.2) is 36.4 Å². The molecule has 1 aromatic heterocycles. The molecular weight excluding hydrogens is 380 g/mol. The van der Waals surface area contributed by atoms with E-state index in [1.807, 2.05) is 34.7 Å². The van der Waals surface area contributed by atoms with Crippen molar-refractivity contribution in [2.75, 3.05) is 5.73 Å². The summed E-state index contributed by atoms with van der Waals surface area (Å²) in [5.74, 6) is 0.571. The highest BCUT2D eigenvalue weighted by atomic mass is 127. The molecule has 3 rings (SSSR count). The summed E-state index contributed by atoms with van der Waals surface area (Å²) in [6.45, 7) is 4.29. The fourth-order valence-electron chi connectivity index (χ4n) is 2.37. The third-order valence-electron chi connectivity index (χ3n) is 3.54. The van der Waals surface area contributed by atoms with Crippen molar-refractivity contribution < 1.29 is 4.39 Å². The molecular formula is C16H15FIN3. The Morgan fingerprint density at radius 1 is 1.19 bits per heavy atom. The molecule has 2 N–H and O–H groups in total. The van der Waals surface area contributed by atoms with Crippen molar-refractivity contribution in [3.63, 3.8) is 0 Å². The molecule has 3 aromatic rings. The van der Waals surface area contributed by atoms with Crippen LogP contribution in [0.4, 0.5) is 10.3 Å². The van der Waals surface area contributed by atoms with E-state index in [4.69, 9.17) is 5.73 Å². The first-order valence-electron chi connectivity index (χ1n) is 6.70. The smallest absolute Gasteiger partial charge is 0.205 e. The summed E-state index contributed by atoms with van der Waals surface area (Å²) in [6.07, 6.45) is 0. The van der Waals surface area contributed by atoms with E-state index < -0.39 is 0 Å². The molecule has 0 radical (unpaired) electrons. The molecule has 1 heterocycles. The van der Waals surface area contributed by atoms with Gasteiger partial charge < -0.3 is 5.73 Å². The Kier molecular flexibility index (Phi) is 3.61. The number of hydrogen-bond acceptors (Lipinski definition) is 2. The SMILES string of the molecule is CC(C)c1ccc(-n2c(N)nc3cc(I)c(F)cc32)cc1. The van der Waals surface area contributed by atoms with Crippen LogP contribution in [0, 0.1) is 9.39 Å². The lowest BCUT2D eigenvalue weighted by Crippen LogP contribution is -2.01. The summed E-state index contributed by atoms with van der Waals surface area (Å²) in [5.41, 5.74) is 9.53. The average Bonchev–Trinajstić information content (AvgIpc) is 2.75. The molecule has 0 atom stereocenters. The number of benzene rings is 2. The number of anilines is 1. The lowest BCUT2D eigenvalue weighted by atomic mass is 10.0. The van der Waals surface area contributed by atoms with Crippen molar-refractivity contribution in [2.24, 2.45) is 0 Å². The molecule has 0 amide bonds. The summed E-state index contributed by atoms with van der Waals surface area (Å²) in [4.78, 5) is 4.32. The molecule has 3 nitrogen and oxygen atoms in total. The molecule has 21 heavy (non-hydrogen) atoms. The van der Waals surface area contributed by atoms with E-state index >= 15 is 0 Å². The van der Waals surface area contributed by atoms with Crippen molar-refractivity contribution in [1.82, 2.24) is 9.55 Å². The van der Waals surface area contributed by atoms with Crippen LogP contribution in [0.1, 0.15) is 25.3 Å². The van der Waals surface area contributed by atoms with Gasteiger partial charge in [0, 0.05) is 11.8 Å². The molecule has 0 spiro atoms. The molecule has 0 unspecified atom stereocenters. The van der Waals surface area contributed by atoms with Crippen LogP contribution in [0.2, 0.25) is 0 Å². The molecule has 0 saturated carbocycles. The zero-order valence-electron chi connectivity index (χ0n) is 11.8. The van der Waals surface area contributed by atoms with Crippen molar-refractivity contribution in [1.29, 1.82) is 0 Å². The second-order valence-corrected chi connectivity index (χ2v) is 6.47. The minimum absolute atomic E-state index is 0.261. The molecule has 0 aliphatic rings. The van der Waals surface area contributed by atoms with Crippen LogP contribution in [0.25, 0.3) is 16.7 Å². The minimum Gasteiger partial charge on any atom is -0.369 e. The van der Waals surface area contributed by atoms with Gasteiger partial charge in [0.25, 0.3) is 0 Å². The third-order valence-corrected chi connectivity index (χ3v) is 4.37. The topological polar surface area (TPSA) is 43.8 Å². The molecule has 0 aliphatic carbocycles. The van der Waals surface area contributed by atoms with E-state index in [2.05, 4.69) is 31.0 Å². The maximum atomic E-state index is 13.8. The standard InChI is InChI=1S/C16H15FIN3/c1-9(2)10-3-5-11(6-4-10)21-15-7-12(17)13(18)8-14(15)20-16(21)19/h3-9H,1-2H3,(H2,19,20). The molecule has 0 fully saturated rings. The summed E-state index contributed by atoms with van der Waals surface area (Å²) in [5, 5.41) is 0. The number of halogens is 2. The number of nitrogens with zero attached hydrogens (tertiary/aromatic N) is 2. The average molecular weight is 395 g/mol. The van der Waals surface area contributed by atoms with Gasteiger partial charge >= 0.3 is 0 Å². The maximum absolute atomic E-state index is 13.8. The second kappa shape index (κ2) is 5.29. The van der Waals surface area contributed by atoms with Crippen molar-refractivity contribution >= 4 is 39.6 Å². The highest BCUT2D eigenvalue weighted by Gasteiger charge is 2.13. The van der Waals surface area contributed by atoms with Crippen LogP contribution in [-0.4, -0.2) is 9.55 Å². The maximum Gasteiger partial charge on any atom is 0.205 e. The molecule has 2 aromatic carbocycles. The van der Waals surface area contributed by atoms with Crippen LogP contribution in [0.5, 0.6) is 0 Å². The van der Waals surface area contributed by atoms with Crippen LogP contribution < -0.4 is 5.73 Å². The fraction of sp³-hybridized carbons (Fsp3) is 0.188. The van der Waals surface area contributed by atoms with E-state index in [1.54, 1.807) is 10.6 Å². The number of rotatable bonds is 2. The molecule has 0 saturated heterocycles. The van der Waals surface area contributed by atoms with Crippen molar-refractivity contribution in [3.8, 4) is 5.69 Å². The fourth-order valence-corrected chi connectivity index (χ4v) is 2.82. The first-order valence-corrected chi connectivity index (χ1v) is 7.78. The lowest BCUT2D eigenvalue weighted by Gasteiger charge is -2.10. The van der Waals surface area contributed by atoms with Gasteiger partial charge in [0.2, 0.25) is 5.95 Å². The first kappa shape index (κ1) is 14.3. The van der Waals surface area contributed by atoms with Gasteiger partial charge in [-0.3, -0.25) is 4.57 Å². The van der Waals surface area contributed by atoms with E-state index in [-0.39, 0.29) is 5.82 Å². The van der Waals surface area contributed by atoms with Crippen LogP contribution in [-0.2, 0) is 0 Å². The van der Waals surface area contributed by atoms with Gasteiger partial charge in [0.1, 0.15) is 5.82 Å². The van der Waals surface area contributed by atoms with E-state index in [9.17, 15) is 4.39 Å². The second-order valence-electron chi connectivity index (χ2n) is 5.31. The lowest BCUT2D eigenvalue weighted by molar-refractivity contribution is 0.622. The number of imidazole rings is 1. The summed E-state index contributed by atoms with van der Waals surface area (Å²) in [7, 11) is 0. The van der Waals surface area contributed by atoms with Gasteiger partial charge in [0.05, 0.1) is 14.6 Å². The Bertz CT molecular complexity index is 806. The van der Waals surface area contributed by atoms with Crippen LogP contribution in [0.3, 0.4) is 0 Å². The number of fused-ring (bicyclic) bond motifs is 1. The Morgan fingerprint density at radius 2 is 1.86 bits per heavy atom. The zero-order valence-corrected chi connectivity index (χ0v) is 13.9. The monoisotopic (exact) mass is 395 g/mol. The number of aromatic nitrogens is 2. The number of nitrogens with two attached hydrogens (primary N) is 1. The predicted molar refractivity (Wildman–Crippen MR) is 92.2 cm³/mol. The van der Waals surface area contributed by atoms with Gasteiger partial charge in [-0.15, -0.1) is 0 Å². The van der Waals surface area contributed by atoms with Gasteiger partial charge in [0.15, 0.2) is 0 Å². The number of nitrogen functional groups attached to an aromatic ring is 1. The van der Waals surface area contributed by atoms with Gasteiger partial charge in [-0.25, -0.2) is 9.37 Å². The predicted octanol–water partition coefficient (Wildman–Crippen LogP) is 4.47. The molecule has 0 bridgehead atoms. The Labute approximate surface area is 136 Å². The van der Waals surface area contributed by atoms with Gasteiger partial charge in [-0.2, -0.15) is 0 Å². The summed E-state index contributed by atoms with van der Waals surface area (Å²) >= 11 is 1.95. The Hall–Kier alpha value is -1.63. The molecule has 108 valence electrons. The minimum atomic E-state index is -0.261. The molecule has 0 aliphatic heterocycles. The largest absolute Gasteiger partial charge is 0.369 e.